The van der Waals surface area contributed by atoms with Gasteiger partial charge in [-0.2, -0.15) is 0 Å². The normalized spacial score (nSPS) is 10.5. The molecule has 0 unspecified atom stereocenters. The van der Waals surface area contributed by atoms with E-state index in [1.807, 2.05) is 30.3 Å². The van der Waals surface area contributed by atoms with Crippen LogP contribution >= 0.6 is 11.3 Å². The molecular formula is C15H10N2O3S. The number of pyridine rings is 1. The molecule has 2 aromatic heterocycles. The Morgan fingerprint density at radius 1 is 1.14 bits per heavy atom. The van der Waals surface area contributed by atoms with E-state index in [2.05, 4.69) is 10.3 Å². The Bertz CT molecular complexity index is 836. The Balaban J connectivity index is 1.98. The van der Waals surface area contributed by atoms with Crippen LogP contribution in [0.1, 0.15) is 20.8 Å². The summed E-state index contributed by atoms with van der Waals surface area (Å²) in [6.07, 6.45) is 1.56. The average Bonchev–Trinajstić information content (AvgIpc) is 2.95. The third-order valence-corrected chi connectivity index (χ3v) is 3.84. The van der Waals surface area contributed by atoms with Crippen molar-refractivity contribution >= 4 is 39.0 Å². The number of fused-ring (bicyclic) bond motifs is 1. The molecule has 0 saturated carbocycles. The molecule has 104 valence electrons. The van der Waals surface area contributed by atoms with Gasteiger partial charge in [0.15, 0.2) is 0 Å². The molecule has 0 spiro atoms. The van der Waals surface area contributed by atoms with E-state index in [-0.39, 0.29) is 11.3 Å². The van der Waals surface area contributed by atoms with Crippen LogP contribution in [0.3, 0.4) is 0 Å². The number of carboxylic acid groups (broad SMARTS) is 1. The van der Waals surface area contributed by atoms with Gasteiger partial charge in [-0.25, -0.2) is 4.79 Å². The molecule has 0 aliphatic carbocycles. The second-order valence-corrected chi connectivity index (χ2v) is 5.22. The monoisotopic (exact) mass is 298 g/mol. The highest BCUT2D eigenvalue weighted by atomic mass is 32.1. The molecule has 3 rings (SSSR count). The van der Waals surface area contributed by atoms with Crippen LogP contribution in [0.2, 0.25) is 0 Å². The summed E-state index contributed by atoms with van der Waals surface area (Å²) in [4.78, 5) is 27.5. The molecule has 0 aliphatic rings. The van der Waals surface area contributed by atoms with E-state index < -0.39 is 11.9 Å². The molecule has 5 nitrogen and oxygen atoms in total. The minimum atomic E-state index is -1.07. The maximum absolute atomic E-state index is 12.3. The second-order valence-electron chi connectivity index (χ2n) is 4.30. The zero-order valence-corrected chi connectivity index (χ0v) is 11.6. The first-order valence-electron chi connectivity index (χ1n) is 6.12. The fraction of sp³-hybridized carbons (Fsp3) is 0. The number of nitrogens with one attached hydrogen (secondary N) is 1. The largest absolute Gasteiger partial charge is 0.478 e. The van der Waals surface area contributed by atoms with E-state index in [0.29, 0.717) is 5.00 Å². The third-order valence-electron chi connectivity index (χ3n) is 3.01. The van der Waals surface area contributed by atoms with Crippen LogP contribution in [0.5, 0.6) is 0 Å². The summed E-state index contributed by atoms with van der Waals surface area (Å²) in [7, 11) is 0. The fourth-order valence-corrected chi connectivity index (χ4v) is 2.81. The number of hydrogen-bond acceptors (Lipinski definition) is 4. The number of carbonyl (C=O) groups is 2. The molecule has 21 heavy (non-hydrogen) atoms. The standard InChI is InChI=1S/C15H10N2O3S/c18-13(17-14-11(15(19)20)6-8-21-14)12-10-4-2-1-3-9(10)5-7-16-12/h1-8H,(H,17,18)(H,19,20). The molecule has 3 aromatic rings. The van der Waals surface area contributed by atoms with Crippen molar-refractivity contribution in [2.24, 2.45) is 0 Å². The number of benzene rings is 1. The molecule has 0 atom stereocenters. The van der Waals surface area contributed by atoms with Gasteiger partial charge in [-0.15, -0.1) is 11.3 Å². The quantitative estimate of drug-likeness (QED) is 0.778. The van der Waals surface area contributed by atoms with Crippen molar-refractivity contribution < 1.29 is 14.7 Å². The highest BCUT2D eigenvalue weighted by Gasteiger charge is 2.17. The molecule has 1 amide bonds. The van der Waals surface area contributed by atoms with E-state index in [1.54, 1.807) is 11.6 Å². The molecule has 2 N–H and O–H groups in total. The van der Waals surface area contributed by atoms with Gasteiger partial charge >= 0.3 is 5.97 Å². The maximum atomic E-state index is 12.3. The second kappa shape index (κ2) is 5.34. The van der Waals surface area contributed by atoms with E-state index >= 15 is 0 Å². The minimum absolute atomic E-state index is 0.0774. The highest BCUT2D eigenvalue weighted by molar-refractivity contribution is 7.14. The number of rotatable bonds is 3. The van der Waals surface area contributed by atoms with E-state index in [4.69, 9.17) is 5.11 Å². The van der Waals surface area contributed by atoms with Crippen LogP contribution in [0.15, 0.2) is 48.0 Å². The van der Waals surface area contributed by atoms with E-state index in [9.17, 15) is 9.59 Å². The number of aromatic nitrogens is 1. The Hall–Kier alpha value is -2.73. The molecule has 0 fully saturated rings. The smallest absolute Gasteiger partial charge is 0.338 e. The minimum Gasteiger partial charge on any atom is -0.478 e. The van der Waals surface area contributed by atoms with Gasteiger partial charge in [-0.3, -0.25) is 9.78 Å². The van der Waals surface area contributed by atoms with Crippen molar-refractivity contribution in [3.05, 3.63) is 59.2 Å². The summed E-state index contributed by atoms with van der Waals surface area (Å²) in [6.45, 7) is 0. The molecule has 0 radical (unpaired) electrons. The van der Waals surface area contributed by atoms with Crippen molar-refractivity contribution in [3.63, 3.8) is 0 Å². The zero-order chi connectivity index (χ0) is 14.8. The van der Waals surface area contributed by atoms with Gasteiger partial charge in [0, 0.05) is 11.6 Å². The summed E-state index contributed by atoms with van der Waals surface area (Å²) in [5.74, 6) is -1.49. The topological polar surface area (TPSA) is 79.3 Å². The summed E-state index contributed by atoms with van der Waals surface area (Å²) >= 11 is 1.17. The van der Waals surface area contributed by atoms with Gasteiger partial charge in [0.1, 0.15) is 10.7 Å². The SMILES string of the molecule is O=C(O)c1ccsc1NC(=O)c1nccc2ccccc12. The number of nitrogens with zero attached hydrogens (tertiary/aromatic N) is 1. The van der Waals surface area contributed by atoms with Crippen molar-refractivity contribution in [2.45, 2.75) is 0 Å². The van der Waals surface area contributed by atoms with Crippen LogP contribution in [-0.2, 0) is 0 Å². The summed E-state index contributed by atoms with van der Waals surface area (Å²) in [6, 6.07) is 10.7. The van der Waals surface area contributed by atoms with Gasteiger partial charge in [0.25, 0.3) is 5.91 Å². The predicted octanol–water partition coefficient (Wildman–Crippen LogP) is 3.25. The Kier molecular flexibility index (Phi) is 3.37. The lowest BCUT2D eigenvalue weighted by Crippen LogP contribution is -2.15. The van der Waals surface area contributed by atoms with Crippen LogP contribution in [0.25, 0.3) is 10.8 Å². The van der Waals surface area contributed by atoms with Gasteiger partial charge in [0.2, 0.25) is 0 Å². The molecule has 0 bridgehead atoms. The summed E-state index contributed by atoms with van der Waals surface area (Å²) in [5.41, 5.74) is 0.353. The maximum Gasteiger partial charge on any atom is 0.338 e. The third kappa shape index (κ3) is 2.48. The van der Waals surface area contributed by atoms with Crippen LogP contribution in [0, 0.1) is 0 Å². The lowest BCUT2D eigenvalue weighted by Gasteiger charge is -2.06. The summed E-state index contributed by atoms with van der Waals surface area (Å²) < 4.78 is 0. The molecule has 2 heterocycles. The van der Waals surface area contributed by atoms with Crippen molar-refractivity contribution in [1.82, 2.24) is 4.98 Å². The first-order valence-corrected chi connectivity index (χ1v) is 7.00. The Labute approximate surface area is 123 Å². The lowest BCUT2D eigenvalue weighted by atomic mass is 10.1. The van der Waals surface area contributed by atoms with Crippen LogP contribution < -0.4 is 5.32 Å². The first kappa shape index (κ1) is 13.3. The van der Waals surface area contributed by atoms with E-state index in [1.165, 1.54) is 17.4 Å². The van der Waals surface area contributed by atoms with Crippen molar-refractivity contribution in [2.75, 3.05) is 5.32 Å². The zero-order valence-electron chi connectivity index (χ0n) is 10.7. The molecular weight excluding hydrogens is 288 g/mol. The van der Waals surface area contributed by atoms with Gasteiger partial charge in [0.05, 0.1) is 5.56 Å². The van der Waals surface area contributed by atoms with Gasteiger partial charge < -0.3 is 10.4 Å². The van der Waals surface area contributed by atoms with E-state index in [0.717, 1.165) is 10.8 Å². The number of aromatic carboxylic acids is 1. The Morgan fingerprint density at radius 3 is 2.76 bits per heavy atom. The van der Waals surface area contributed by atoms with Crippen molar-refractivity contribution in [1.29, 1.82) is 0 Å². The number of carboxylic acids is 1. The lowest BCUT2D eigenvalue weighted by molar-refractivity contribution is 0.0698. The summed E-state index contributed by atoms with van der Waals surface area (Å²) in [5, 5.41) is 15.2. The number of carbonyl (C=O) groups excluding carboxylic acids is 1. The molecule has 0 saturated heterocycles. The molecule has 1 aromatic carbocycles. The van der Waals surface area contributed by atoms with Crippen LogP contribution in [-0.4, -0.2) is 22.0 Å². The highest BCUT2D eigenvalue weighted by Crippen LogP contribution is 2.24. The van der Waals surface area contributed by atoms with Crippen LogP contribution in [0.4, 0.5) is 5.00 Å². The number of anilines is 1. The number of thiophene rings is 1. The predicted molar refractivity (Wildman–Crippen MR) is 81.0 cm³/mol. The Morgan fingerprint density at radius 2 is 1.95 bits per heavy atom. The van der Waals surface area contributed by atoms with Gasteiger partial charge in [-0.1, -0.05) is 24.3 Å². The van der Waals surface area contributed by atoms with Gasteiger partial charge in [-0.05, 0) is 22.9 Å². The molecule has 0 aliphatic heterocycles. The van der Waals surface area contributed by atoms with Crippen molar-refractivity contribution in [3.8, 4) is 0 Å². The fourth-order valence-electron chi connectivity index (χ4n) is 2.04. The number of hydrogen-bond donors (Lipinski definition) is 2. The first-order chi connectivity index (χ1) is 10.2. The number of amides is 1. The molecule has 6 heteroatoms. The average molecular weight is 298 g/mol.